The summed E-state index contributed by atoms with van der Waals surface area (Å²) >= 11 is 0. The van der Waals surface area contributed by atoms with E-state index in [2.05, 4.69) is 0 Å². The summed E-state index contributed by atoms with van der Waals surface area (Å²) in [6.07, 6.45) is 0. The lowest BCUT2D eigenvalue weighted by molar-refractivity contribution is 0.103. The van der Waals surface area contributed by atoms with Crippen molar-refractivity contribution in [3.05, 3.63) is 76.1 Å². The van der Waals surface area contributed by atoms with Gasteiger partial charge in [-0.3, -0.25) is 4.79 Å². The zero-order chi connectivity index (χ0) is 16.7. The molecule has 0 atom stereocenters. The molecule has 2 nitrogen and oxygen atoms in total. The van der Waals surface area contributed by atoms with E-state index in [0.29, 0.717) is 27.5 Å². The van der Waals surface area contributed by atoms with Gasteiger partial charge in [-0.1, -0.05) is 17.2 Å². The Labute approximate surface area is 134 Å². The average molecular weight is 308 g/mol. The van der Waals surface area contributed by atoms with Gasteiger partial charge in [0.2, 0.25) is 0 Å². The molecule has 116 valence electrons. The quantitative estimate of drug-likeness (QED) is 0.688. The first-order chi connectivity index (χ1) is 10.9. The molecule has 1 N–H and O–H groups in total. The first-order valence-electron chi connectivity index (χ1n) is 7.41. The van der Waals surface area contributed by atoms with E-state index in [1.807, 2.05) is 32.0 Å². The number of aryl methyl sites for hydroxylation is 3. The van der Waals surface area contributed by atoms with Crippen molar-refractivity contribution in [2.45, 2.75) is 20.8 Å². The largest absolute Gasteiger partial charge is 0.507 e. The van der Waals surface area contributed by atoms with Gasteiger partial charge in [0.1, 0.15) is 11.6 Å². The smallest absolute Gasteiger partial charge is 0.193 e. The molecule has 0 aliphatic heterocycles. The number of hydrogen-bond acceptors (Lipinski definition) is 2. The maximum atomic E-state index is 13.7. The van der Waals surface area contributed by atoms with Crippen molar-refractivity contribution in [1.82, 2.24) is 0 Å². The predicted molar refractivity (Wildman–Crippen MR) is 89.7 cm³/mol. The lowest BCUT2D eigenvalue weighted by Crippen LogP contribution is -2.06. The van der Waals surface area contributed by atoms with Crippen molar-refractivity contribution < 1.29 is 14.3 Å². The van der Waals surface area contributed by atoms with Crippen LogP contribution in [0, 0.1) is 26.6 Å². The van der Waals surface area contributed by atoms with Gasteiger partial charge in [-0.15, -0.1) is 0 Å². The molecule has 0 unspecified atom stereocenters. The normalized spacial score (nSPS) is 11.0. The summed E-state index contributed by atoms with van der Waals surface area (Å²) in [5.41, 5.74) is 3.63. The molecular formula is C20H17FO2. The number of carbonyl (C=O) groups excluding carboxylic acids is 1. The van der Waals surface area contributed by atoms with Gasteiger partial charge in [-0.25, -0.2) is 4.39 Å². The van der Waals surface area contributed by atoms with Gasteiger partial charge < -0.3 is 5.11 Å². The molecule has 0 amide bonds. The van der Waals surface area contributed by atoms with Crippen molar-refractivity contribution in [3.63, 3.8) is 0 Å². The Morgan fingerprint density at radius 1 is 0.913 bits per heavy atom. The Morgan fingerprint density at radius 3 is 2.22 bits per heavy atom. The molecule has 0 bridgehead atoms. The highest BCUT2D eigenvalue weighted by Crippen LogP contribution is 2.32. The minimum atomic E-state index is -0.433. The highest BCUT2D eigenvalue weighted by Gasteiger charge is 2.18. The lowest BCUT2D eigenvalue weighted by Gasteiger charge is -2.12. The number of phenolic OH excluding ortho intramolecular Hbond substituents is 1. The highest BCUT2D eigenvalue weighted by atomic mass is 19.1. The maximum Gasteiger partial charge on any atom is 0.193 e. The molecule has 0 aliphatic rings. The van der Waals surface area contributed by atoms with Crippen LogP contribution < -0.4 is 0 Å². The summed E-state index contributed by atoms with van der Waals surface area (Å²) in [4.78, 5) is 13.0. The topological polar surface area (TPSA) is 37.3 Å². The van der Waals surface area contributed by atoms with Crippen LogP contribution in [0.3, 0.4) is 0 Å². The van der Waals surface area contributed by atoms with Crippen LogP contribution in [0.15, 0.2) is 42.5 Å². The Hall–Kier alpha value is -2.68. The zero-order valence-corrected chi connectivity index (χ0v) is 13.3. The van der Waals surface area contributed by atoms with Crippen molar-refractivity contribution in [1.29, 1.82) is 0 Å². The molecule has 0 saturated carbocycles. The van der Waals surface area contributed by atoms with Gasteiger partial charge in [0.05, 0.1) is 0 Å². The third-order valence-corrected chi connectivity index (χ3v) is 3.99. The summed E-state index contributed by atoms with van der Waals surface area (Å²) in [5.74, 6) is -0.545. The molecule has 0 saturated heterocycles. The molecule has 0 spiro atoms. The fraction of sp³-hybridized carbons (Fsp3) is 0.150. The van der Waals surface area contributed by atoms with E-state index >= 15 is 0 Å². The lowest BCUT2D eigenvalue weighted by atomic mass is 9.91. The summed E-state index contributed by atoms with van der Waals surface area (Å²) in [6, 6.07) is 11.3. The summed E-state index contributed by atoms with van der Waals surface area (Å²) in [7, 11) is 0. The van der Waals surface area contributed by atoms with Crippen LogP contribution in [-0.2, 0) is 0 Å². The predicted octanol–water partition coefficient (Wildman–Crippen LogP) is 4.84. The van der Waals surface area contributed by atoms with Gasteiger partial charge >= 0.3 is 0 Å². The first kappa shape index (κ1) is 15.2. The molecule has 3 aromatic carbocycles. The zero-order valence-electron chi connectivity index (χ0n) is 13.3. The van der Waals surface area contributed by atoms with Crippen molar-refractivity contribution in [2.24, 2.45) is 0 Å². The molecular weight excluding hydrogens is 291 g/mol. The number of phenols is 1. The number of hydrogen-bond donors (Lipinski definition) is 1. The van der Waals surface area contributed by atoms with Gasteiger partial charge in [-0.05, 0) is 68.1 Å². The molecule has 3 rings (SSSR count). The van der Waals surface area contributed by atoms with Crippen molar-refractivity contribution in [2.75, 3.05) is 0 Å². The molecule has 0 aliphatic carbocycles. The number of halogens is 1. The number of carbonyl (C=O) groups is 1. The Kier molecular flexibility index (Phi) is 3.64. The van der Waals surface area contributed by atoms with Crippen LogP contribution in [0.1, 0.15) is 32.6 Å². The second-order valence-electron chi connectivity index (χ2n) is 5.98. The minimum Gasteiger partial charge on any atom is -0.507 e. The van der Waals surface area contributed by atoms with E-state index in [-0.39, 0.29) is 11.5 Å². The number of benzene rings is 3. The third kappa shape index (κ3) is 2.70. The molecule has 23 heavy (non-hydrogen) atoms. The maximum absolute atomic E-state index is 13.7. The monoisotopic (exact) mass is 308 g/mol. The van der Waals surface area contributed by atoms with Gasteiger partial charge in [-0.2, -0.15) is 0 Å². The van der Waals surface area contributed by atoms with Crippen LogP contribution in [0.4, 0.5) is 4.39 Å². The van der Waals surface area contributed by atoms with E-state index in [0.717, 1.165) is 11.1 Å². The second-order valence-corrected chi connectivity index (χ2v) is 5.98. The Balaban J connectivity index is 2.30. The van der Waals surface area contributed by atoms with Crippen LogP contribution in [0.25, 0.3) is 10.8 Å². The Bertz CT molecular complexity index is 922. The van der Waals surface area contributed by atoms with Crippen LogP contribution in [0.5, 0.6) is 5.75 Å². The third-order valence-electron chi connectivity index (χ3n) is 3.99. The fourth-order valence-electron chi connectivity index (χ4n) is 3.07. The molecule has 3 heteroatoms. The first-order valence-corrected chi connectivity index (χ1v) is 7.41. The molecule has 3 aromatic rings. The van der Waals surface area contributed by atoms with Gasteiger partial charge in [0.25, 0.3) is 0 Å². The van der Waals surface area contributed by atoms with E-state index in [4.69, 9.17) is 0 Å². The average Bonchev–Trinajstić information content (AvgIpc) is 2.45. The van der Waals surface area contributed by atoms with Gasteiger partial charge in [0.15, 0.2) is 5.78 Å². The highest BCUT2D eigenvalue weighted by molar-refractivity contribution is 6.18. The van der Waals surface area contributed by atoms with E-state index in [1.54, 1.807) is 13.0 Å². The summed E-state index contributed by atoms with van der Waals surface area (Å²) in [5, 5.41) is 11.0. The van der Waals surface area contributed by atoms with Crippen molar-refractivity contribution in [3.8, 4) is 5.75 Å². The summed E-state index contributed by atoms with van der Waals surface area (Å²) in [6.45, 7) is 5.62. The summed E-state index contributed by atoms with van der Waals surface area (Å²) < 4.78 is 13.7. The SMILES string of the molecule is Cc1cc(C)cc(C(=O)c2c(C)cc(O)c3ccc(F)cc23)c1. The van der Waals surface area contributed by atoms with E-state index < -0.39 is 5.82 Å². The van der Waals surface area contributed by atoms with Crippen LogP contribution in [0.2, 0.25) is 0 Å². The number of ketones is 1. The second kappa shape index (κ2) is 5.51. The van der Waals surface area contributed by atoms with Gasteiger partial charge in [0, 0.05) is 16.5 Å². The number of fused-ring (bicyclic) bond motifs is 1. The van der Waals surface area contributed by atoms with Crippen LogP contribution in [-0.4, -0.2) is 10.9 Å². The number of rotatable bonds is 2. The minimum absolute atomic E-state index is 0.0504. The van der Waals surface area contributed by atoms with E-state index in [1.165, 1.54) is 18.2 Å². The standard InChI is InChI=1S/C20H17FO2/c1-11-6-12(2)8-14(7-11)20(23)19-13(3)9-18(22)16-5-4-15(21)10-17(16)19/h4-10,22H,1-3H3. The molecule has 0 radical (unpaired) electrons. The molecule has 0 heterocycles. The molecule has 0 fully saturated rings. The fourth-order valence-corrected chi connectivity index (χ4v) is 3.07. The van der Waals surface area contributed by atoms with E-state index in [9.17, 15) is 14.3 Å². The van der Waals surface area contributed by atoms with Crippen LogP contribution >= 0.6 is 0 Å². The number of aromatic hydroxyl groups is 1. The Morgan fingerprint density at radius 2 is 1.57 bits per heavy atom. The van der Waals surface area contributed by atoms with Crippen molar-refractivity contribution >= 4 is 16.6 Å². The molecule has 0 aromatic heterocycles.